The van der Waals surface area contributed by atoms with Gasteiger partial charge in [-0.2, -0.15) is 0 Å². The summed E-state index contributed by atoms with van der Waals surface area (Å²) in [5.74, 6) is 0.466. The average molecular weight is 240 g/mol. The van der Waals surface area contributed by atoms with Gasteiger partial charge in [0.1, 0.15) is 0 Å². The molecule has 17 heavy (non-hydrogen) atoms. The van der Waals surface area contributed by atoms with Crippen molar-refractivity contribution in [2.24, 2.45) is 5.92 Å². The molecule has 6 heteroatoms. The van der Waals surface area contributed by atoms with E-state index in [2.05, 4.69) is 29.4 Å². The zero-order valence-corrected chi connectivity index (χ0v) is 10.6. The third-order valence-electron chi connectivity index (χ3n) is 2.92. The molecular weight excluding hydrogens is 220 g/mol. The van der Waals surface area contributed by atoms with E-state index in [1.165, 1.54) is 0 Å². The fourth-order valence-corrected chi connectivity index (χ4v) is 1.95. The second-order valence-corrected chi connectivity index (χ2v) is 4.44. The van der Waals surface area contributed by atoms with Crippen LogP contribution in [0.4, 0.5) is 0 Å². The van der Waals surface area contributed by atoms with E-state index in [4.69, 9.17) is 5.11 Å². The van der Waals surface area contributed by atoms with Crippen LogP contribution in [0.2, 0.25) is 0 Å². The molecule has 1 rings (SSSR count). The molecule has 1 atom stereocenters. The molecular formula is C11H20N4O2. The number of hydrogen-bond acceptors (Lipinski definition) is 4. The zero-order valence-electron chi connectivity index (χ0n) is 10.6. The fourth-order valence-electron chi connectivity index (χ4n) is 1.95. The molecule has 1 unspecified atom stereocenters. The van der Waals surface area contributed by atoms with E-state index >= 15 is 0 Å². The largest absolute Gasteiger partial charge is 0.481 e. The van der Waals surface area contributed by atoms with E-state index in [0.717, 1.165) is 18.7 Å². The number of carboxylic acids is 1. The summed E-state index contributed by atoms with van der Waals surface area (Å²) in [7, 11) is 0. The van der Waals surface area contributed by atoms with Crippen molar-refractivity contribution in [3.05, 3.63) is 5.82 Å². The van der Waals surface area contributed by atoms with Gasteiger partial charge in [0.2, 0.25) is 0 Å². The lowest BCUT2D eigenvalue weighted by Crippen LogP contribution is -2.17. The van der Waals surface area contributed by atoms with E-state index in [-0.39, 0.29) is 12.3 Å². The third-order valence-corrected chi connectivity index (χ3v) is 2.92. The Kier molecular flexibility index (Phi) is 5.06. The maximum atomic E-state index is 10.6. The maximum absolute atomic E-state index is 10.6. The van der Waals surface area contributed by atoms with Crippen molar-refractivity contribution in [3.63, 3.8) is 0 Å². The van der Waals surface area contributed by atoms with Gasteiger partial charge in [0, 0.05) is 18.9 Å². The second-order valence-electron chi connectivity index (χ2n) is 4.44. The van der Waals surface area contributed by atoms with Crippen molar-refractivity contribution in [3.8, 4) is 0 Å². The second kappa shape index (κ2) is 6.32. The summed E-state index contributed by atoms with van der Waals surface area (Å²) < 4.78 is 1.74. The predicted molar refractivity (Wildman–Crippen MR) is 62.6 cm³/mol. The predicted octanol–water partition coefficient (Wildman–Crippen LogP) is 1.69. The van der Waals surface area contributed by atoms with Gasteiger partial charge in [-0.05, 0) is 29.2 Å². The zero-order chi connectivity index (χ0) is 12.8. The lowest BCUT2D eigenvalue weighted by molar-refractivity contribution is -0.138. The molecule has 1 aromatic rings. The quantitative estimate of drug-likeness (QED) is 0.784. The summed E-state index contributed by atoms with van der Waals surface area (Å²) in [5, 5.41) is 20.4. The molecule has 6 nitrogen and oxygen atoms in total. The van der Waals surface area contributed by atoms with Gasteiger partial charge in [0.05, 0.1) is 0 Å². The highest BCUT2D eigenvalue weighted by molar-refractivity contribution is 5.66. The first-order chi connectivity index (χ1) is 8.08. The van der Waals surface area contributed by atoms with Crippen LogP contribution in [0.15, 0.2) is 0 Å². The van der Waals surface area contributed by atoms with E-state index < -0.39 is 5.97 Å². The third kappa shape index (κ3) is 3.80. The van der Waals surface area contributed by atoms with Crippen LogP contribution >= 0.6 is 0 Å². The van der Waals surface area contributed by atoms with Gasteiger partial charge in [-0.3, -0.25) is 4.79 Å². The van der Waals surface area contributed by atoms with Crippen LogP contribution < -0.4 is 0 Å². The Bertz CT molecular complexity index is 360. The normalized spacial score (nSPS) is 12.9. The minimum Gasteiger partial charge on any atom is -0.481 e. The van der Waals surface area contributed by atoms with Crippen molar-refractivity contribution >= 4 is 5.97 Å². The Hall–Kier alpha value is -1.46. The summed E-state index contributed by atoms with van der Waals surface area (Å²) in [6.07, 6.45) is 2.12. The number of carbonyl (C=O) groups is 1. The number of aliphatic carboxylic acids is 1. The van der Waals surface area contributed by atoms with Gasteiger partial charge in [-0.25, -0.2) is 4.68 Å². The van der Waals surface area contributed by atoms with Crippen LogP contribution in [-0.2, 0) is 11.3 Å². The van der Waals surface area contributed by atoms with Gasteiger partial charge in [0.25, 0.3) is 0 Å². The summed E-state index contributed by atoms with van der Waals surface area (Å²) in [5.41, 5.74) is 0. The molecule has 1 N–H and O–H groups in total. The molecule has 0 bridgehead atoms. The molecule has 0 fully saturated rings. The number of tetrazole rings is 1. The average Bonchev–Trinajstić information content (AvgIpc) is 2.67. The fraction of sp³-hybridized carbons (Fsp3) is 0.818. The topological polar surface area (TPSA) is 80.9 Å². The van der Waals surface area contributed by atoms with Crippen LogP contribution in [0, 0.1) is 5.92 Å². The van der Waals surface area contributed by atoms with Crippen LogP contribution in [0.5, 0.6) is 0 Å². The first kappa shape index (κ1) is 13.6. The van der Waals surface area contributed by atoms with Crippen LogP contribution in [-0.4, -0.2) is 31.3 Å². The minimum atomic E-state index is -0.783. The number of hydrogen-bond donors (Lipinski definition) is 1. The Morgan fingerprint density at radius 3 is 2.59 bits per heavy atom. The summed E-state index contributed by atoms with van der Waals surface area (Å²) >= 11 is 0. The molecule has 0 aliphatic carbocycles. The van der Waals surface area contributed by atoms with Gasteiger partial charge in [-0.15, -0.1) is 5.10 Å². The smallest absolute Gasteiger partial charge is 0.303 e. The molecule has 0 aliphatic rings. The summed E-state index contributed by atoms with van der Waals surface area (Å²) in [6, 6.07) is 0. The lowest BCUT2D eigenvalue weighted by atomic mass is 10.0. The van der Waals surface area contributed by atoms with E-state index in [0.29, 0.717) is 12.5 Å². The van der Waals surface area contributed by atoms with Crippen LogP contribution in [0.3, 0.4) is 0 Å². The number of rotatable bonds is 7. The van der Waals surface area contributed by atoms with Gasteiger partial charge >= 0.3 is 5.97 Å². The summed E-state index contributed by atoms with van der Waals surface area (Å²) in [6.45, 7) is 6.67. The minimum absolute atomic E-state index is 0.0316. The highest BCUT2D eigenvalue weighted by atomic mass is 16.4. The molecule has 0 aromatic carbocycles. The highest BCUT2D eigenvalue weighted by Crippen LogP contribution is 2.20. The molecule has 1 heterocycles. The lowest BCUT2D eigenvalue weighted by Gasteiger charge is -2.14. The van der Waals surface area contributed by atoms with Gasteiger partial charge < -0.3 is 5.11 Å². The molecule has 0 saturated heterocycles. The van der Waals surface area contributed by atoms with Crippen molar-refractivity contribution in [2.45, 2.75) is 52.5 Å². The van der Waals surface area contributed by atoms with E-state index in [9.17, 15) is 4.79 Å². The molecule has 0 amide bonds. The van der Waals surface area contributed by atoms with Crippen LogP contribution in [0.1, 0.15) is 51.8 Å². The number of nitrogens with zero attached hydrogens (tertiary/aromatic N) is 4. The maximum Gasteiger partial charge on any atom is 0.303 e. The molecule has 0 spiro atoms. The monoisotopic (exact) mass is 240 g/mol. The van der Waals surface area contributed by atoms with Crippen LogP contribution in [0.25, 0.3) is 0 Å². The highest BCUT2D eigenvalue weighted by Gasteiger charge is 2.18. The molecule has 1 aromatic heterocycles. The summed E-state index contributed by atoms with van der Waals surface area (Å²) in [4.78, 5) is 10.6. The molecule has 0 aliphatic heterocycles. The van der Waals surface area contributed by atoms with Gasteiger partial charge in [-0.1, -0.05) is 20.8 Å². The molecule has 96 valence electrons. The molecule has 0 saturated carbocycles. The first-order valence-corrected chi connectivity index (χ1v) is 6.06. The van der Waals surface area contributed by atoms with E-state index in [1.807, 2.05) is 6.92 Å². The Morgan fingerprint density at radius 1 is 1.41 bits per heavy atom. The Morgan fingerprint density at radius 2 is 2.06 bits per heavy atom. The van der Waals surface area contributed by atoms with Crippen molar-refractivity contribution in [1.29, 1.82) is 0 Å². The Labute approximate surface area is 101 Å². The van der Waals surface area contributed by atoms with Crippen molar-refractivity contribution in [2.75, 3.05) is 0 Å². The number of carboxylic acid groups (broad SMARTS) is 1. The standard InChI is InChI=1S/C11H20N4O2/c1-4-9(5-2)11-12-13-14-15(11)7-8(3)6-10(16)17/h8-9H,4-7H2,1-3H3,(H,16,17). The SMILES string of the molecule is CCC(CC)c1nnnn1CC(C)CC(=O)O. The van der Waals surface area contributed by atoms with Crippen molar-refractivity contribution in [1.82, 2.24) is 20.2 Å². The van der Waals surface area contributed by atoms with E-state index in [1.54, 1.807) is 4.68 Å². The van der Waals surface area contributed by atoms with Gasteiger partial charge in [0.15, 0.2) is 5.82 Å². The molecule has 0 radical (unpaired) electrons. The Balaban J connectivity index is 2.71. The first-order valence-electron chi connectivity index (χ1n) is 6.06. The van der Waals surface area contributed by atoms with Crippen molar-refractivity contribution < 1.29 is 9.90 Å². The number of aromatic nitrogens is 4.